The topological polar surface area (TPSA) is 12.9 Å². The molecule has 3 aliphatic rings. The Hall–Kier alpha value is -1.89. The minimum absolute atomic E-state index is 1.14. The highest BCUT2D eigenvalue weighted by molar-refractivity contribution is 6.02. The van der Waals surface area contributed by atoms with Crippen molar-refractivity contribution in [1.29, 1.82) is 0 Å². The van der Waals surface area contributed by atoms with Gasteiger partial charge in [-0.15, -0.1) is 0 Å². The van der Waals surface area contributed by atoms with E-state index in [1.54, 1.807) is 0 Å². The van der Waals surface area contributed by atoms with Crippen molar-refractivity contribution >= 4 is 10.9 Å². The Balaban J connectivity index is 1.95. The number of hydrogen-bond acceptors (Lipinski definition) is 1. The van der Waals surface area contributed by atoms with E-state index in [2.05, 4.69) is 42.5 Å². The van der Waals surface area contributed by atoms with Crippen LogP contribution in [-0.2, 0) is 12.8 Å². The average Bonchev–Trinajstić information content (AvgIpc) is 2.68. The van der Waals surface area contributed by atoms with Gasteiger partial charge in [0.05, 0.1) is 5.52 Å². The summed E-state index contributed by atoms with van der Waals surface area (Å²) in [4.78, 5) is 4.94. The second kappa shape index (κ2) is 5.48. The van der Waals surface area contributed by atoms with Crippen LogP contribution < -0.4 is 0 Å². The van der Waals surface area contributed by atoms with Crippen LogP contribution in [-0.4, -0.2) is 4.98 Å². The van der Waals surface area contributed by atoms with E-state index in [1.165, 1.54) is 71.8 Å². The molecule has 2 bridgehead atoms. The van der Waals surface area contributed by atoms with E-state index in [0.29, 0.717) is 0 Å². The van der Waals surface area contributed by atoms with E-state index in [0.717, 1.165) is 6.42 Å². The van der Waals surface area contributed by atoms with Gasteiger partial charge in [-0.3, -0.25) is 4.98 Å². The number of pyridine rings is 1. The van der Waals surface area contributed by atoms with Gasteiger partial charge in [-0.05, 0) is 54.5 Å². The Morgan fingerprint density at radius 1 is 0.762 bits per heavy atom. The third-order valence-corrected chi connectivity index (χ3v) is 4.69. The Bertz CT molecular complexity index is 744. The molecule has 0 radical (unpaired) electrons. The van der Waals surface area contributed by atoms with E-state index in [-0.39, 0.29) is 0 Å². The molecule has 0 spiro atoms. The van der Waals surface area contributed by atoms with Gasteiger partial charge in [0.25, 0.3) is 0 Å². The lowest BCUT2D eigenvalue weighted by atomic mass is 9.97. The molecular weight excluding hydrogens is 254 g/mol. The number of rotatable bonds is 0. The molecule has 0 N–H and O–H groups in total. The number of aromatic nitrogens is 1. The van der Waals surface area contributed by atoms with Crippen LogP contribution in [0.25, 0.3) is 22.0 Å². The molecule has 1 heterocycles. The molecule has 0 fully saturated rings. The number of nitrogens with zero attached hydrogens (tertiary/aromatic N) is 1. The highest BCUT2D eigenvalue weighted by Crippen LogP contribution is 2.36. The summed E-state index contributed by atoms with van der Waals surface area (Å²) in [5.41, 5.74) is 6.68. The van der Waals surface area contributed by atoms with Crippen molar-refractivity contribution in [3.05, 3.63) is 53.7 Å². The molecule has 0 aliphatic heterocycles. The van der Waals surface area contributed by atoms with Gasteiger partial charge in [0.2, 0.25) is 0 Å². The molecule has 4 rings (SSSR count). The lowest BCUT2D eigenvalue weighted by molar-refractivity contribution is 0.605. The average molecular weight is 275 g/mol. The van der Waals surface area contributed by atoms with Crippen molar-refractivity contribution in [2.75, 3.05) is 0 Å². The second-order valence-corrected chi connectivity index (χ2v) is 6.22. The normalized spacial score (nSPS) is 16.2. The summed E-state index contributed by atoms with van der Waals surface area (Å²) in [7, 11) is 0. The Kier molecular flexibility index (Phi) is 3.34. The Labute approximate surface area is 126 Å². The van der Waals surface area contributed by atoms with Crippen molar-refractivity contribution in [2.45, 2.75) is 44.9 Å². The zero-order valence-electron chi connectivity index (χ0n) is 12.4. The SMILES string of the molecule is c1ccc2cc3nc4cc(c3c-2cc1)CCCCCCC4. The molecule has 21 heavy (non-hydrogen) atoms. The van der Waals surface area contributed by atoms with E-state index >= 15 is 0 Å². The van der Waals surface area contributed by atoms with Crippen LogP contribution in [0.1, 0.15) is 43.4 Å². The van der Waals surface area contributed by atoms with Gasteiger partial charge in [0.1, 0.15) is 0 Å². The summed E-state index contributed by atoms with van der Waals surface area (Å²) < 4.78 is 0. The van der Waals surface area contributed by atoms with Crippen molar-refractivity contribution < 1.29 is 0 Å². The van der Waals surface area contributed by atoms with Crippen molar-refractivity contribution in [3.63, 3.8) is 0 Å². The molecule has 0 atom stereocenters. The third-order valence-electron chi connectivity index (χ3n) is 4.69. The van der Waals surface area contributed by atoms with E-state index < -0.39 is 0 Å². The van der Waals surface area contributed by atoms with E-state index in [4.69, 9.17) is 4.98 Å². The van der Waals surface area contributed by atoms with Crippen LogP contribution >= 0.6 is 0 Å². The molecule has 1 nitrogen and oxygen atoms in total. The zero-order chi connectivity index (χ0) is 14.1. The maximum atomic E-state index is 4.94. The summed E-state index contributed by atoms with van der Waals surface area (Å²) in [6.45, 7) is 0. The molecule has 106 valence electrons. The van der Waals surface area contributed by atoms with Crippen molar-refractivity contribution in [1.82, 2.24) is 4.98 Å². The Morgan fingerprint density at radius 3 is 2.52 bits per heavy atom. The molecule has 1 aromatic heterocycles. The van der Waals surface area contributed by atoms with Crippen molar-refractivity contribution in [2.24, 2.45) is 0 Å². The first kappa shape index (κ1) is 12.8. The first-order chi connectivity index (χ1) is 10.4. The predicted octanol–water partition coefficient (Wildman–Crippen LogP) is 5.39. The largest absolute Gasteiger partial charge is 0.253 e. The third kappa shape index (κ3) is 2.42. The fourth-order valence-corrected chi connectivity index (χ4v) is 3.64. The fourth-order valence-electron chi connectivity index (χ4n) is 3.64. The first-order valence-electron chi connectivity index (χ1n) is 8.22. The zero-order valence-corrected chi connectivity index (χ0v) is 12.4. The molecule has 0 saturated heterocycles. The molecule has 1 aromatic rings. The van der Waals surface area contributed by atoms with Crippen LogP contribution in [0.5, 0.6) is 0 Å². The maximum absolute atomic E-state index is 4.94. The monoisotopic (exact) mass is 275 g/mol. The highest BCUT2D eigenvalue weighted by Gasteiger charge is 2.15. The van der Waals surface area contributed by atoms with Crippen LogP contribution in [0.3, 0.4) is 0 Å². The minimum atomic E-state index is 1.14. The standard InChI is InChI=1S/C20H21N/c1-2-5-10-16-13-17(11-7-3-1)21-19-14-15-9-6-4-8-12-18(15)20(16)19/h4,6,8-9,12-14H,1-3,5,7,10-11H2. The summed E-state index contributed by atoms with van der Waals surface area (Å²) in [5, 5.41) is 1.39. The van der Waals surface area contributed by atoms with Crippen molar-refractivity contribution in [3.8, 4) is 11.1 Å². The first-order valence-corrected chi connectivity index (χ1v) is 8.22. The van der Waals surface area contributed by atoms with Gasteiger partial charge in [0.15, 0.2) is 0 Å². The maximum Gasteiger partial charge on any atom is 0.0720 e. The fraction of sp³-hybridized carbons (Fsp3) is 0.350. The van der Waals surface area contributed by atoms with Crippen LogP contribution in [0.4, 0.5) is 0 Å². The molecule has 1 heteroatoms. The lowest BCUT2D eigenvalue weighted by Crippen LogP contribution is -1.98. The molecular formula is C20H21N. The van der Waals surface area contributed by atoms with E-state index in [1.807, 2.05) is 0 Å². The van der Waals surface area contributed by atoms with E-state index in [9.17, 15) is 0 Å². The molecule has 0 unspecified atom stereocenters. The van der Waals surface area contributed by atoms with Gasteiger partial charge < -0.3 is 0 Å². The van der Waals surface area contributed by atoms with Gasteiger partial charge in [-0.25, -0.2) is 0 Å². The predicted molar refractivity (Wildman–Crippen MR) is 88.9 cm³/mol. The summed E-state index contributed by atoms with van der Waals surface area (Å²) in [5.74, 6) is 0. The minimum Gasteiger partial charge on any atom is -0.253 e. The van der Waals surface area contributed by atoms with Gasteiger partial charge in [-0.1, -0.05) is 49.6 Å². The molecule has 0 aromatic carbocycles. The van der Waals surface area contributed by atoms with Gasteiger partial charge in [-0.2, -0.15) is 0 Å². The number of fused-ring (bicyclic) bond motifs is 6. The smallest absolute Gasteiger partial charge is 0.0720 e. The summed E-state index contributed by atoms with van der Waals surface area (Å²) in [6, 6.07) is 15.5. The Morgan fingerprint density at radius 2 is 1.57 bits per heavy atom. The summed E-state index contributed by atoms with van der Waals surface area (Å²) in [6.07, 6.45) is 9.03. The van der Waals surface area contributed by atoms with Gasteiger partial charge in [0, 0.05) is 11.1 Å². The summed E-state index contributed by atoms with van der Waals surface area (Å²) >= 11 is 0. The van der Waals surface area contributed by atoms with Crippen LogP contribution in [0.2, 0.25) is 0 Å². The highest BCUT2D eigenvalue weighted by atomic mass is 14.7. The molecule has 3 aliphatic carbocycles. The second-order valence-electron chi connectivity index (χ2n) is 6.22. The lowest BCUT2D eigenvalue weighted by Gasteiger charge is -2.11. The molecule has 0 amide bonds. The number of hydrogen-bond donors (Lipinski definition) is 0. The number of aryl methyl sites for hydroxylation is 2. The van der Waals surface area contributed by atoms with Gasteiger partial charge >= 0.3 is 0 Å². The van der Waals surface area contributed by atoms with Crippen LogP contribution in [0, 0.1) is 0 Å². The molecule has 0 saturated carbocycles. The quantitative estimate of drug-likeness (QED) is 0.536. The van der Waals surface area contributed by atoms with Crippen LogP contribution in [0.15, 0.2) is 42.5 Å².